The molecule has 0 spiro atoms. The second-order valence-electron chi connectivity index (χ2n) is 5.85. The van der Waals surface area contributed by atoms with E-state index < -0.39 is 0 Å². The Hall–Kier alpha value is -1.92. The third-order valence-corrected chi connectivity index (χ3v) is 4.20. The molecular weight excluding hydrogens is 316 g/mol. The highest BCUT2D eigenvalue weighted by Gasteiger charge is 2.23. The summed E-state index contributed by atoms with van der Waals surface area (Å²) in [5.41, 5.74) is 7.41. The monoisotopic (exact) mass is 336 g/mol. The molecule has 0 saturated carbocycles. The van der Waals surface area contributed by atoms with Gasteiger partial charge in [-0.25, -0.2) is 4.98 Å². The number of halogens is 1. The fourth-order valence-electron chi connectivity index (χ4n) is 2.88. The van der Waals surface area contributed by atoms with Gasteiger partial charge in [0.15, 0.2) is 0 Å². The molecule has 2 aromatic rings. The summed E-state index contributed by atoms with van der Waals surface area (Å²) in [6.07, 6.45) is 2.68. The number of aryl methyl sites for hydroxylation is 2. The van der Waals surface area contributed by atoms with Gasteiger partial charge in [0.2, 0.25) is 5.91 Å². The van der Waals surface area contributed by atoms with Crippen LogP contribution in [0.3, 0.4) is 0 Å². The fraction of sp³-hybridized carbons (Fsp3) is 0.438. The average Bonchev–Trinajstić information content (AvgIpc) is 2.94. The maximum absolute atomic E-state index is 12.4. The molecule has 1 amide bonds. The summed E-state index contributed by atoms with van der Waals surface area (Å²) in [6.45, 7) is 3.60. The Morgan fingerprint density at radius 1 is 1.43 bits per heavy atom. The summed E-state index contributed by atoms with van der Waals surface area (Å²) in [4.78, 5) is 30.7. The number of nitrogens with zero attached hydrogens (tertiary/aromatic N) is 3. The SMILES string of the molecule is Cc1cccc2c(=O)n(CCC(=O)N3CC[C@@H](N)C3)cnc12.Cl. The summed E-state index contributed by atoms with van der Waals surface area (Å²) >= 11 is 0. The predicted octanol–water partition coefficient (Wildman–Crippen LogP) is 1.08. The summed E-state index contributed by atoms with van der Waals surface area (Å²) < 4.78 is 1.51. The number of benzene rings is 1. The number of para-hydroxylation sites is 1. The van der Waals surface area contributed by atoms with Crippen molar-refractivity contribution in [2.24, 2.45) is 5.73 Å². The molecule has 1 fully saturated rings. The molecule has 23 heavy (non-hydrogen) atoms. The molecule has 0 bridgehead atoms. The van der Waals surface area contributed by atoms with Crippen molar-refractivity contribution in [3.05, 3.63) is 40.4 Å². The molecule has 7 heteroatoms. The van der Waals surface area contributed by atoms with Gasteiger partial charge in [-0.05, 0) is 25.0 Å². The van der Waals surface area contributed by atoms with E-state index in [2.05, 4.69) is 4.98 Å². The number of carbonyl (C=O) groups excluding carboxylic acids is 1. The number of nitrogens with two attached hydrogens (primary N) is 1. The minimum atomic E-state index is -0.0976. The first-order valence-electron chi connectivity index (χ1n) is 7.54. The number of hydrogen-bond acceptors (Lipinski definition) is 4. The maximum Gasteiger partial charge on any atom is 0.261 e. The van der Waals surface area contributed by atoms with Crippen LogP contribution in [-0.4, -0.2) is 39.5 Å². The lowest BCUT2D eigenvalue weighted by molar-refractivity contribution is -0.130. The third kappa shape index (κ3) is 3.54. The summed E-state index contributed by atoms with van der Waals surface area (Å²) in [7, 11) is 0. The Labute approximate surface area is 140 Å². The number of amides is 1. The Morgan fingerprint density at radius 3 is 2.91 bits per heavy atom. The average molecular weight is 337 g/mol. The van der Waals surface area contributed by atoms with E-state index in [1.165, 1.54) is 10.9 Å². The molecule has 1 saturated heterocycles. The normalized spacial score (nSPS) is 17.3. The molecule has 1 aromatic carbocycles. The van der Waals surface area contributed by atoms with Crippen molar-refractivity contribution < 1.29 is 4.79 Å². The van der Waals surface area contributed by atoms with Gasteiger partial charge < -0.3 is 10.6 Å². The van der Waals surface area contributed by atoms with E-state index in [0.717, 1.165) is 17.5 Å². The second kappa shape index (κ2) is 7.10. The van der Waals surface area contributed by atoms with Crippen LogP contribution in [0, 0.1) is 6.92 Å². The van der Waals surface area contributed by atoms with Crippen LogP contribution in [0.5, 0.6) is 0 Å². The van der Waals surface area contributed by atoms with Crippen LogP contribution >= 0.6 is 12.4 Å². The molecular formula is C16H21ClN4O2. The fourth-order valence-corrected chi connectivity index (χ4v) is 2.88. The van der Waals surface area contributed by atoms with Gasteiger partial charge in [0.1, 0.15) is 0 Å². The Balaban J connectivity index is 0.00000192. The zero-order valence-corrected chi connectivity index (χ0v) is 13.9. The van der Waals surface area contributed by atoms with E-state index in [-0.39, 0.29) is 29.9 Å². The Kier molecular flexibility index (Phi) is 5.38. The molecule has 0 unspecified atom stereocenters. The summed E-state index contributed by atoms with van der Waals surface area (Å²) in [6, 6.07) is 5.63. The molecule has 2 N–H and O–H groups in total. The van der Waals surface area contributed by atoms with Gasteiger partial charge in [-0.15, -0.1) is 12.4 Å². The Morgan fingerprint density at radius 2 is 2.22 bits per heavy atom. The molecule has 6 nitrogen and oxygen atoms in total. The number of fused-ring (bicyclic) bond motifs is 1. The highest BCUT2D eigenvalue weighted by molar-refractivity contribution is 5.85. The molecule has 1 atom stereocenters. The van der Waals surface area contributed by atoms with Gasteiger partial charge in [0.25, 0.3) is 5.56 Å². The van der Waals surface area contributed by atoms with Crippen molar-refractivity contribution in [3.63, 3.8) is 0 Å². The van der Waals surface area contributed by atoms with Gasteiger partial charge in [-0.3, -0.25) is 14.2 Å². The van der Waals surface area contributed by atoms with Gasteiger partial charge in [-0.1, -0.05) is 12.1 Å². The largest absolute Gasteiger partial charge is 0.341 e. The number of likely N-dealkylation sites (tertiary alicyclic amines) is 1. The number of aromatic nitrogens is 2. The zero-order chi connectivity index (χ0) is 15.7. The quantitative estimate of drug-likeness (QED) is 0.909. The van der Waals surface area contributed by atoms with E-state index in [0.29, 0.717) is 31.4 Å². The zero-order valence-electron chi connectivity index (χ0n) is 13.1. The number of hydrogen-bond donors (Lipinski definition) is 1. The van der Waals surface area contributed by atoms with Crippen molar-refractivity contribution in [3.8, 4) is 0 Å². The number of carbonyl (C=O) groups is 1. The number of rotatable bonds is 3. The smallest absolute Gasteiger partial charge is 0.261 e. The van der Waals surface area contributed by atoms with Gasteiger partial charge in [0, 0.05) is 32.1 Å². The minimum absolute atomic E-state index is 0. The predicted molar refractivity (Wildman–Crippen MR) is 91.8 cm³/mol. The van der Waals surface area contributed by atoms with E-state index in [1.54, 1.807) is 11.0 Å². The first-order chi connectivity index (χ1) is 10.6. The highest BCUT2D eigenvalue weighted by Crippen LogP contribution is 2.12. The topological polar surface area (TPSA) is 81.2 Å². The van der Waals surface area contributed by atoms with Crippen LogP contribution in [0.1, 0.15) is 18.4 Å². The van der Waals surface area contributed by atoms with Crippen LogP contribution < -0.4 is 11.3 Å². The van der Waals surface area contributed by atoms with E-state index >= 15 is 0 Å². The van der Waals surface area contributed by atoms with Crippen LogP contribution in [0.2, 0.25) is 0 Å². The lowest BCUT2D eigenvalue weighted by Gasteiger charge is -2.16. The molecule has 3 rings (SSSR count). The first-order valence-corrected chi connectivity index (χ1v) is 7.54. The van der Waals surface area contributed by atoms with Crippen molar-refractivity contribution in [1.29, 1.82) is 0 Å². The Bertz CT molecular complexity index is 774. The molecule has 0 aliphatic carbocycles. The van der Waals surface area contributed by atoms with Gasteiger partial charge >= 0.3 is 0 Å². The summed E-state index contributed by atoms with van der Waals surface area (Å²) in [5.74, 6) is 0.0455. The van der Waals surface area contributed by atoms with E-state index in [4.69, 9.17) is 5.73 Å². The molecule has 2 heterocycles. The van der Waals surface area contributed by atoms with Crippen LogP contribution in [-0.2, 0) is 11.3 Å². The van der Waals surface area contributed by atoms with Crippen molar-refractivity contribution in [2.45, 2.75) is 32.4 Å². The van der Waals surface area contributed by atoms with Crippen LogP contribution in [0.15, 0.2) is 29.3 Å². The van der Waals surface area contributed by atoms with Crippen molar-refractivity contribution in [2.75, 3.05) is 13.1 Å². The standard InChI is InChI=1S/C16H20N4O2.ClH/c1-11-3-2-4-13-15(11)18-10-20(16(13)22)8-6-14(21)19-7-5-12(17)9-19;/h2-4,10,12H,5-9,17H2,1H3;1H/t12-;/m1./s1. The molecule has 1 aromatic heterocycles. The van der Waals surface area contributed by atoms with Crippen molar-refractivity contribution >= 4 is 29.2 Å². The van der Waals surface area contributed by atoms with E-state index in [9.17, 15) is 9.59 Å². The lowest BCUT2D eigenvalue weighted by Crippen LogP contribution is -2.33. The molecule has 0 radical (unpaired) electrons. The van der Waals surface area contributed by atoms with Crippen molar-refractivity contribution in [1.82, 2.24) is 14.5 Å². The first kappa shape index (κ1) is 17.4. The van der Waals surface area contributed by atoms with Crippen LogP contribution in [0.25, 0.3) is 10.9 Å². The molecule has 1 aliphatic heterocycles. The molecule has 1 aliphatic rings. The van der Waals surface area contributed by atoms with Crippen LogP contribution in [0.4, 0.5) is 0 Å². The molecule has 124 valence electrons. The minimum Gasteiger partial charge on any atom is -0.341 e. The third-order valence-electron chi connectivity index (χ3n) is 4.20. The summed E-state index contributed by atoms with van der Waals surface area (Å²) in [5, 5.41) is 0.596. The lowest BCUT2D eigenvalue weighted by atomic mass is 10.1. The second-order valence-corrected chi connectivity index (χ2v) is 5.85. The highest BCUT2D eigenvalue weighted by atomic mass is 35.5. The maximum atomic E-state index is 12.4. The van der Waals surface area contributed by atoms with Gasteiger partial charge in [-0.2, -0.15) is 0 Å². The van der Waals surface area contributed by atoms with E-state index in [1.807, 2.05) is 19.1 Å². The van der Waals surface area contributed by atoms with Gasteiger partial charge in [0.05, 0.1) is 17.2 Å².